The second-order valence-electron chi connectivity index (χ2n) is 5.60. The number of aromatic nitrogens is 2. The van der Waals surface area contributed by atoms with Gasteiger partial charge in [-0.2, -0.15) is 5.10 Å². The van der Waals surface area contributed by atoms with E-state index in [1.54, 1.807) is 10.9 Å². The highest BCUT2D eigenvalue weighted by Crippen LogP contribution is 2.40. The third-order valence-corrected chi connectivity index (χ3v) is 4.04. The van der Waals surface area contributed by atoms with Gasteiger partial charge in [0.15, 0.2) is 0 Å². The van der Waals surface area contributed by atoms with Crippen LogP contribution in [0.1, 0.15) is 12.8 Å². The first-order valence-electron chi connectivity index (χ1n) is 7.08. The van der Waals surface area contributed by atoms with Gasteiger partial charge in [0, 0.05) is 11.8 Å². The molecule has 1 aliphatic carbocycles. The van der Waals surface area contributed by atoms with Gasteiger partial charge in [0.05, 0.1) is 19.9 Å². The summed E-state index contributed by atoms with van der Waals surface area (Å²) in [6.45, 7) is 0.344. The van der Waals surface area contributed by atoms with Crippen LogP contribution < -0.4 is 5.73 Å². The van der Waals surface area contributed by atoms with Crippen molar-refractivity contribution in [1.29, 1.82) is 0 Å². The van der Waals surface area contributed by atoms with Crippen molar-refractivity contribution in [2.75, 3.05) is 7.11 Å². The predicted octanol–water partition coefficient (Wildman–Crippen LogP) is 1.83. The molecule has 0 aliphatic heterocycles. The molecule has 1 saturated carbocycles. The fourth-order valence-corrected chi connectivity index (χ4v) is 2.65. The first-order chi connectivity index (χ1) is 10.1. The van der Waals surface area contributed by atoms with Gasteiger partial charge in [-0.25, -0.2) is 4.79 Å². The van der Waals surface area contributed by atoms with Gasteiger partial charge < -0.3 is 10.5 Å². The molecule has 1 atom stereocenters. The summed E-state index contributed by atoms with van der Waals surface area (Å²) in [5, 5.41) is 4.33. The van der Waals surface area contributed by atoms with Crippen LogP contribution in [0.4, 0.5) is 0 Å². The number of ether oxygens (including phenoxy) is 1. The second-order valence-corrected chi connectivity index (χ2v) is 5.60. The molecule has 1 heterocycles. The fourth-order valence-electron chi connectivity index (χ4n) is 2.65. The SMILES string of the molecule is COC(=O)C(N)(Cn1cc(-c2ccccc2)cn1)C1CC1. The van der Waals surface area contributed by atoms with Crippen LogP contribution in [0, 0.1) is 5.92 Å². The zero-order valence-corrected chi connectivity index (χ0v) is 12.0. The summed E-state index contributed by atoms with van der Waals surface area (Å²) in [5.41, 5.74) is 7.43. The smallest absolute Gasteiger partial charge is 0.328 e. The molecule has 0 spiro atoms. The molecule has 21 heavy (non-hydrogen) atoms. The van der Waals surface area contributed by atoms with Gasteiger partial charge in [-0.3, -0.25) is 4.68 Å². The zero-order valence-electron chi connectivity index (χ0n) is 12.0. The molecule has 1 unspecified atom stereocenters. The molecule has 3 rings (SSSR count). The molecule has 5 heteroatoms. The minimum absolute atomic E-state index is 0.189. The molecule has 0 saturated heterocycles. The molecular formula is C16H19N3O2. The minimum Gasteiger partial charge on any atom is -0.468 e. The van der Waals surface area contributed by atoms with Crippen molar-refractivity contribution in [3.05, 3.63) is 42.7 Å². The quantitative estimate of drug-likeness (QED) is 0.851. The summed E-state index contributed by atoms with van der Waals surface area (Å²) in [4.78, 5) is 12.0. The van der Waals surface area contributed by atoms with Crippen molar-refractivity contribution in [2.45, 2.75) is 24.9 Å². The Labute approximate surface area is 123 Å². The van der Waals surface area contributed by atoms with Crippen molar-refractivity contribution in [3.8, 4) is 11.1 Å². The second kappa shape index (κ2) is 5.33. The largest absolute Gasteiger partial charge is 0.468 e. The monoisotopic (exact) mass is 285 g/mol. The molecule has 1 aliphatic rings. The Morgan fingerprint density at radius 2 is 2.10 bits per heavy atom. The first-order valence-corrected chi connectivity index (χ1v) is 7.08. The zero-order chi connectivity index (χ0) is 14.9. The van der Waals surface area contributed by atoms with Gasteiger partial charge in [-0.15, -0.1) is 0 Å². The van der Waals surface area contributed by atoms with Crippen LogP contribution in [0.3, 0.4) is 0 Å². The highest BCUT2D eigenvalue weighted by molar-refractivity contribution is 5.81. The Morgan fingerprint density at radius 1 is 1.38 bits per heavy atom. The van der Waals surface area contributed by atoms with E-state index in [0.717, 1.165) is 24.0 Å². The van der Waals surface area contributed by atoms with E-state index in [0.29, 0.717) is 6.54 Å². The average Bonchev–Trinajstić information content (AvgIpc) is 3.28. The summed E-state index contributed by atoms with van der Waals surface area (Å²) >= 11 is 0. The normalized spacial score (nSPS) is 17.2. The number of esters is 1. The summed E-state index contributed by atoms with van der Waals surface area (Å²) in [6.07, 6.45) is 5.65. The van der Waals surface area contributed by atoms with Crippen molar-refractivity contribution >= 4 is 5.97 Å². The van der Waals surface area contributed by atoms with Gasteiger partial charge in [0.1, 0.15) is 5.54 Å². The van der Waals surface area contributed by atoms with Crippen molar-refractivity contribution < 1.29 is 9.53 Å². The van der Waals surface area contributed by atoms with Gasteiger partial charge in [-0.05, 0) is 24.3 Å². The Balaban J connectivity index is 1.82. The van der Waals surface area contributed by atoms with Crippen LogP contribution in [-0.2, 0) is 16.1 Å². The lowest BCUT2D eigenvalue weighted by Crippen LogP contribution is -2.54. The van der Waals surface area contributed by atoms with Crippen molar-refractivity contribution in [1.82, 2.24) is 9.78 Å². The molecule has 2 aromatic rings. The Hall–Kier alpha value is -2.14. The van der Waals surface area contributed by atoms with Gasteiger partial charge in [-0.1, -0.05) is 30.3 Å². The van der Waals surface area contributed by atoms with Gasteiger partial charge in [0.25, 0.3) is 0 Å². The van der Waals surface area contributed by atoms with E-state index < -0.39 is 5.54 Å². The summed E-state index contributed by atoms with van der Waals surface area (Å²) in [6, 6.07) is 10.00. The maximum atomic E-state index is 12.0. The number of hydrogen-bond donors (Lipinski definition) is 1. The van der Waals surface area contributed by atoms with E-state index in [4.69, 9.17) is 10.5 Å². The van der Waals surface area contributed by atoms with E-state index >= 15 is 0 Å². The van der Waals surface area contributed by atoms with E-state index in [1.165, 1.54) is 7.11 Å². The summed E-state index contributed by atoms with van der Waals surface area (Å²) in [7, 11) is 1.38. The molecule has 110 valence electrons. The van der Waals surface area contributed by atoms with Crippen molar-refractivity contribution in [3.63, 3.8) is 0 Å². The molecule has 2 N–H and O–H groups in total. The number of nitrogens with two attached hydrogens (primary N) is 1. The van der Waals surface area contributed by atoms with Crippen LogP contribution in [0.2, 0.25) is 0 Å². The van der Waals surface area contributed by atoms with E-state index in [9.17, 15) is 4.79 Å². The highest BCUT2D eigenvalue weighted by atomic mass is 16.5. The standard InChI is InChI=1S/C16H19N3O2/c1-21-15(20)16(17,14-7-8-14)11-19-10-13(9-18-19)12-5-3-2-4-6-12/h2-6,9-10,14H,7-8,11,17H2,1H3. The molecule has 5 nitrogen and oxygen atoms in total. The lowest BCUT2D eigenvalue weighted by Gasteiger charge is -2.26. The third-order valence-electron chi connectivity index (χ3n) is 4.04. The fraction of sp³-hybridized carbons (Fsp3) is 0.375. The number of nitrogens with zero attached hydrogens (tertiary/aromatic N) is 2. The summed E-state index contributed by atoms with van der Waals surface area (Å²) in [5.74, 6) is -0.170. The molecular weight excluding hydrogens is 266 g/mol. The summed E-state index contributed by atoms with van der Waals surface area (Å²) < 4.78 is 6.61. The van der Waals surface area contributed by atoms with Gasteiger partial charge >= 0.3 is 5.97 Å². The number of hydrogen-bond acceptors (Lipinski definition) is 4. The van der Waals surface area contributed by atoms with E-state index in [-0.39, 0.29) is 11.9 Å². The van der Waals surface area contributed by atoms with Gasteiger partial charge in [0.2, 0.25) is 0 Å². The van der Waals surface area contributed by atoms with Crippen LogP contribution in [0.25, 0.3) is 11.1 Å². The maximum absolute atomic E-state index is 12.0. The van der Waals surface area contributed by atoms with Crippen LogP contribution in [-0.4, -0.2) is 28.4 Å². The highest BCUT2D eigenvalue weighted by Gasteiger charge is 2.49. The Bertz CT molecular complexity index is 634. The molecule has 1 aromatic carbocycles. The topological polar surface area (TPSA) is 70.1 Å². The van der Waals surface area contributed by atoms with E-state index in [1.807, 2.05) is 36.5 Å². The number of carbonyl (C=O) groups excluding carboxylic acids is 1. The molecule has 1 aromatic heterocycles. The number of methoxy groups -OCH3 is 1. The molecule has 0 amide bonds. The maximum Gasteiger partial charge on any atom is 0.328 e. The first kappa shape index (κ1) is 13.8. The average molecular weight is 285 g/mol. The van der Waals surface area contributed by atoms with Crippen molar-refractivity contribution in [2.24, 2.45) is 11.7 Å². The molecule has 0 radical (unpaired) electrons. The third kappa shape index (κ3) is 2.69. The Morgan fingerprint density at radius 3 is 2.71 bits per heavy atom. The minimum atomic E-state index is -0.977. The molecule has 1 fully saturated rings. The van der Waals surface area contributed by atoms with Crippen LogP contribution >= 0.6 is 0 Å². The van der Waals surface area contributed by atoms with Crippen LogP contribution in [0.15, 0.2) is 42.7 Å². The Kier molecular flexibility index (Phi) is 3.51. The number of carbonyl (C=O) groups is 1. The van der Waals surface area contributed by atoms with E-state index in [2.05, 4.69) is 5.10 Å². The lowest BCUT2D eigenvalue weighted by atomic mass is 9.94. The number of rotatable bonds is 5. The number of benzene rings is 1. The van der Waals surface area contributed by atoms with Crippen LogP contribution in [0.5, 0.6) is 0 Å². The predicted molar refractivity (Wildman–Crippen MR) is 79.3 cm³/mol. The lowest BCUT2D eigenvalue weighted by molar-refractivity contribution is -0.148. The molecule has 0 bridgehead atoms.